The highest BCUT2D eigenvalue weighted by Crippen LogP contribution is 2.34. The molecule has 0 radical (unpaired) electrons. The molecule has 4 nitrogen and oxygen atoms in total. The quantitative estimate of drug-likeness (QED) is 0.788. The second-order valence-corrected chi connectivity index (χ2v) is 7.62. The van der Waals surface area contributed by atoms with Gasteiger partial charge in [0.2, 0.25) is 5.91 Å². The van der Waals surface area contributed by atoms with E-state index in [-0.39, 0.29) is 11.1 Å². The fourth-order valence-corrected chi connectivity index (χ4v) is 4.81. The van der Waals surface area contributed by atoms with Crippen LogP contribution in [0.1, 0.15) is 44.1 Å². The summed E-state index contributed by atoms with van der Waals surface area (Å²) >= 11 is 1.36. The van der Waals surface area contributed by atoms with E-state index in [9.17, 15) is 9.59 Å². The van der Waals surface area contributed by atoms with Crippen molar-refractivity contribution in [3.05, 3.63) is 35.9 Å². The van der Waals surface area contributed by atoms with Gasteiger partial charge in [-0.05, 0) is 24.8 Å². The van der Waals surface area contributed by atoms with Crippen LogP contribution < -0.4 is 0 Å². The number of amides is 2. The van der Waals surface area contributed by atoms with Crippen LogP contribution in [0.4, 0.5) is 4.79 Å². The SMILES string of the molecule is CC[C@H](c1ccccc1)[C@@H]1CCCN1C(=O)CCN1CCSC1=O. The van der Waals surface area contributed by atoms with Crippen molar-refractivity contribution in [2.24, 2.45) is 0 Å². The first-order chi connectivity index (χ1) is 11.7. The molecule has 2 aliphatic rings. The maximum atomic E-state index is 12.8. The molecule has 2 saturated heterocycles. The van der Waals surface area contributed by atoms with Crippen LogP contribution in [-0.4, -0.2) is 52.4 Å². The Morgan fingerprint density at radius 2 is 2.08 bits per heavy atom. The number of benzene rings is 1. The molecule has 0 unspecified atom stereocenters. The topological polar surface area (TPSA) is 40.6 Å². The third-order valence-electron chi connectivity index (χ3n) is 5.19. The monoisotopic (exact) mass is 346 g/mol. The van der Waals surface area contributed by atoms with Crippen molar-refractivity contribution in [1.29, 1.82) is 0 Å². The van der Waals surface area contributed by atoms with Gasteiger partial charge in [-0.2, -0.15) is 0 Å². The highest BCUT2D eigenvalue weighted by molar-refractivity contribution is 8.13. The van der Waals surface area contributed by atoms with E-state index >= 15 is 0 Å². The molecule has 0 bridgehead atoms. The molecule has 0 aromatic heterocycles. The molecule has 0 aliphatic carbocycles. The number of hydrogen-bond acceptors (Lipinski definition) is 3. The largest absolute Gasteiger partial charge is 0.339 e. The lowest BCUT2D eigenvalue weighted by atomic mass is 9.87. The summed E-state index contributed by atoms with van der Waals surface area (Å²) < 4.78 is 0. The molecule has 0 saturated carbocycles. The molecule has 5 heteroatoms. The molecule has 2 heterocycles. The lowest BCUT2D eigenvalue weighted by Crippen LogP contribution is -2.40. The van der Waals surface area contributed by atoms with Gasteiger partial charge in [-0.15, -0.1) is 0 Å². The normalized spacial score (nSPS) is 22.2. The Hall–Kier alpha value is -1.49. The van der Waals surface area contributed by atoms with Crippen molar-refractivity contribution >= 4 is 22.9 Å². The number of likely N-dealkylation sites (tertiary alicyclic amines) is 1. The lowest BCUT2D eigenvalue weighted by Gasteiger charge is -2.32. The van der Waals surface area contributed by atoms with E-state index in [4.69, 9.17) is 0 Å². The van der Waals surface area contributed by atoms with Gasteiger partial charge in [0.1, 0.15) is 0 Å². The summed E-state index contributed by atoms with van der Waals surface area (Å²) in [5.74, 6) is 1.46. The summed E-state index contributed by atoms with van der Waals surface area (Å²) in [5, 5.41) is 0.122. The summed E-state index contributed by atoms with van der Waals surface area (Å²) in [4.78, 5) is 28.3. The van der Waals surface area contributed by atoms with Crippen molar-refractivity contribution in [2.75, 3.05) is 25.4 Å². The fraction of sp³-hybridized carbons (Fsp3) is 0.579. The summed E-state index contributed by atoms with van der Waals surface area (Å²) in [6.07, 6.45) is 3.66. The average Bonchev–Trinajstić information content (AvgIpc) is 3.24. The summed E-state index contributed by atoms with van der Waals surface area (Å²) in [5.41, 5.74) is 1.33. The maximum absolute atomic E-state index is 12.8. The predicted molar refractivity (Wildman–Crippen MR) is 98.3 cm³/mol. The Morgan fingerprint density at radius 3 is 2.75 bits per heavy atom. The van der Waals surface area contributed by atoms with Crippen molar-refractivity contribution in [3.63, 3.8) is 0 Å². The molecule has 2 amide bonds. The molecular formula is C19H26N2O2S. The minimum Gasteiger partial charge on any atom is -0.339 e. The molecule has 1 aromatic rings. The average molecular weight is 346 g/mol. The lowest BCUT2D eigenvalue weighted by molar-refractivity contribution is -0.132. The number of hydrogen-bond donors (Lipinski definition) is 0. The summed E-state index contributed by atoms with van der Waals surface area (Å²) in [6, 6.07) is 10.9. The van der Waals surface area contributed by atoms with E-state index in [1.807, 2.05) is 11.0 Å². The molecule has 2 atom stereocenters. The van der Waals surface area contributed by atoms with Crippen LogP contribution in [0.2, 0.25) is 0 Å². The zero-order valence-electron chi connectivity index (χ0n) is 14.3. The molecule has 24 heavy (non-hydrogen) atoms. The third kappa shape index (κ3) is 3.77. The van der Waals surface area contributed by atoms with Crippen molar-refractivity contribution in [2.45, 2.75) is 44.6 Å². The van der Waals surface area contributed by atoms with Crippen molar-refractivity contribution in [1.82, 2.24) is 9.80 Å². The second-order valence-electron chi connectivity index (χ2n) is 6.57. The van der Waals surface area contributed by atoms with Crippen molar-refractivity contribution < 1.29 is 9.59 Å². The first kappa shape index (κ1) is 17.3. The van der Waals surface area contributed by atoms with Crippen LogP contribution in [0.15, 0.2) is 30.3 Å². The van der Waals surface area contributed by atoms with Gasteiger partial charge in [0.15, 0.2) is 0 Å². The highest BCUT2D eigenvalue weighted by Gasteiger charge is 2.34. The van der Waals surface area contributed by atoms with E-state index in [0.29, 0.717) is 24.9 Å². The van der Waals surface area contributed by atoms with Gasteiger partial charge in [-0.1, -0.05) is 49.0 Å². The van der Waals surface area contributed by atoms with Crippen LogP contribution >= 0.6 is 11.8 Å². The van der Waals surface area contributed by atoms with E-state index in [1.165, 1.54) is 17.3 Å². The number of thioether (sulfide) groups is 1. The summed E-state index contributed by atoms with van der Waals surface area (Å²) in [6.45, 7) is 4.41. The Labute approximate surface area is 148 Å². The Kier molecular flexibility index (Phi) is 5.82. The minimum atomic E-state index is 0.122. The molecule has 1 aromatic carbocycles. The zero-order valence-corrected chi connectivity index (χ0v) is 15.1. The van der Waals surface area contributed by atoms with Crippen LogP contribution in [-0.2, 0) is 4.79 Å². The van der Waals surface area contributed by atoms with Crippen LogP contribution in [0, 0.1) is 0 Å². The fourth-order valence-electron chi connectivity index (χ4n) is 3.95. The summed E-state index contributed by atoms with van der Waals surface area (Å²) in [7, 11) is 0. The van der Waals surface area contributed by atoms with E-state index in [0.717, 1.165) is 38.1 Å². The van der Waals surface area contributed by atoms with Gasteiger partial charge in [-0.25, -0.2) is 0 Å². The predicted octanol–water partition coefficient (Wildman–Crippen LogP) is 3.73. The van der Waals surface area contributed by atoms with E-state index in [2.05, 4.69) is 36.1 Å². The number of rotatable bonds is 6. The number of carbonyl (C=O) groups is 2. The Bertz CT molecular complexity index is 578. The molecule has 2 aliphatic heterocycles. The van der Waals surface area contributed by atoms with Gasteiger partial charge in [-0.3, -0.25) is 9.59 Å². The molecule has 0 spiro atoms. The van der Waals surface area contributed by atoms with Gasteiger partial charge in [0.05, 0.1) is 0 Å². The standard InChI is InChI=1S/C19H26N2O2S/c1-2-16(15-7-4-3-5-8-15)17-9-6-11-21(17)18(22)10-12-20-13-14-24-19(20)23/h3-5,7-8,16-17H,2,6,9-14H2,1H3/t16-,17+/m1/s1. The van der Waals surface area contributed by atoms with Gasteiger partial charge in [0.25, 0.3) is 5.24 Å². The Balaban J connectivity index is 1.63. The van der Waals surface area contributed by atoms with Crippen LogP contribution in [0.25, 0.3) is 0 Å². The van der Waals surface area contributed by atoms with Gasteiger partial charge < -0.3 is 9.80 Å². The molecular weight excluding hydrogens is 320 g/mol. The Morgan fingerprint density at radius 1 is 1.29 bits per heavy atom. The van der Waals surface area contributed by atoms with E-state index in [1.54, 1.807) is 0 Å². The highest BCUT2D eigenvalue weighted by atomic mass is 32.2. The first-order valence-corrected chi connectivity index (χ1v) is 9.95. The minimum absolute atomic E-state index is 0.122. The van der Waals surface area contributed by atoms with Gasteiger partial charge in [0, 0.05) is 43.8 Å². The third-order valence-corrected chi connectivity index (χ3v) is 6.08. The van der Waals surface area contributed by atoms with Gasteiger partial charge >= 0.3 is 0 Å². The zero-order chi connectivity index (χ0) is 16.9. The van der Waals surface area contributed by atoms with Crippen LogP contribution in [0.3, 0.4) is 0 Å². The molecule has 0 N–H and O–H groups in total. The van der Waals surface area contributed by atoms with Crippen LogP contribution in [0.5, 0.6) is 0 Å². The smallest absolute Gasteiger partial charge is 0.281 e. The first-order valence-electron chi connectivity index (χ1n) is 8.96. The van der Waals surface area contributed by atoms with Crippen molar-refractivity contribution in [3.8, 4) is 0 Å². The van der Waals surface area contributed by atoms with E-state index < -0.39 is 0 Å². The molecule has 130 valence electrons. The number of nitrogens with zero attached hydrogens (tertiary/aromatic N) is 2. The molecule has 2 fully saturated rings. The molecule has 3 rings (SSSR count). The number of carbonyl (C=O) groups excluding carboxylic acids is 2. The second kappa shape index (κ2) is 8.06. The maximum Gasteiger partial charge on any atom is 0.281 e.